The molecule has 0 fully saturated rings. The van der Waals surface area contributed by atoms with Crippen LogP contribution < -0.4 is 28.3 Å². The molecule has 0 saturated carbocycles. The van der Waals surface area contributed by atoms with Crippen LogP contribution in [-0.2, 0) is 12.2 Å². The fraction of sp³-hybridized carbons (Fsp3) is 0.167. The van der Waals surface area contributed by atoms with E-state index in [1.54, 1.807) is 12.1 Å². The smallest absolute Gasteiger partial charge is 0.181 e. The first-order valence-corrected chi connectivity index (χ1v) is 10.5. The van der Waals surface area contributed by atoms with E-state index in [2.05, 4.69) is 20.5 Å². The molecular weight excluding hydrogens is 416 g/mol. The number of carbonyl (C=O) groups is 1. The summed E-state index contributed by atoms with van der Waals surface area (Å²) in [4.78, 5) is 15.7. The van der Waals surface area contributed by atoms with Crippen LogP contribution in [0.5, 0.6) is 0 Å². The zero-order valence-corrected chi connectivity index (χ0v) is 18.4. The predicted molar refractivity (Wildman–Crippen MR) is 130 cm³/mol. The summed E-state index contributed by atoms with van der Waals surface area (Å²) in [6, 6.07) is 18.6. The van der Waals surface area contributed by atoms with Crippen LogP contribution in [0, 0.1) is 6.92 Å². The summed E-state index contributed by atoms with van der Waals surface area (Å²) in [5.41, 5.74) is 29.9. The van der Waals surface area contributed by atoms with Gasteiger partial charge in [0.15, 0.2) is 17.4 Å². The molecule has 0 unspecified atom stereocenters. The number of carbonyl (C=O) groups excluding carboxylic acids is 1. The summed E-state index contributed by atoms with van der Waals surface area (Å²) in [5.74, 6) is -0.952. The number of H-pyrrole nitrogens is 2. The Labute approximate surface area is 191 Å². The van der Waals surface area contributed by atoms with Gasteiger partial charge in [0, 0.05) is 34.5 Å². The Balaban J connectivity index is 1.61. The number of ketones is 1. The summed E-state index contributed by atoms with van der Waals surface area (Å²) in [5, 5.41) is 10.6. The standard InChI is InChI=1S/C24H28N8O/c1-14-22(31-32-23(14)29-13-20(33)16-5-3-2-4-6-16)18-12-21(24(26,27)28)30-19(18)11-15-7-9-17(25)10-8-15/h2-10,12,30H,11,13,25-28H2,1H3,(H2,29,31,32). The van der Waals surface area contributed by atoms with Crippen molar-refractivity contribution in [2.45, 2.75) is 19.1 Å². The van der Waals surface area contributed by atoms with Crippen LogP contribution in [0.15, 0.2) is 60.7 Å². The first-order chi connectivity index (χ1) is 15.7. The summed E-state index contributed by atoms with van der Waals surface area (Å²) < 4.78 is 0. The second kappa shape index (κ2) is 8.91. The molecule has 2 aromatic carbocycles. The SMILES string of the molecule is Cc1c(NCC(=O)c2ccccc2)n[nH]c1-c1cc(C(N)(N)N)[nH]c1Cc1ccc(N)cc1. The average Bonchev–Trinajstić information content (AvgIpc) is 3.37. The Morgan fingerprint density at radius 3 is 2.42 bits per heavy atom. The quantitative estimate of drug-likeness (QED) is 0.124. The van der Waals surface area contributed by atoms with Crippen LogP contribution in [0.4, 0.5) is 11.5 Å². The third kappa shape index (κ3) is 4.96. The monoisotopic (exact) mass is 444 g/mol. The second-order valence-corrected chi connectivity index (χ2v) is 8.14. The van der Waals surface area contributed by atoms with Crippen molar-refractivity contribution in [2.75, 3.05) is 17.6 Å². The molecule has 2 heterocycles. The lowest BCUT2D eigenvalue weighted by Crippen LogP contribution is -2.54. The number of nitrogen functional groups attached to an aromatic ring is 1. The molecule has 0 saturated heterocycles. The number of nitrogens with one attached hydrogen (secondary N) is 3. The number of rotatable bonds is 8. The van der Waals surface area contributed by atoms with E-state index < -0.39 is 5.79 Å². The normalized spacial score (nSPS) is 11.5. The average molecular weight is 445 g/mol. The van der Waals surface area contributed by atoms with Crippen molar-refractivity contribution in [1.82, 2.24) is 15.2 Å². The van der Waals surface area contributed by atoms with E-state index in [0.717, 1.165) is 28.1 Å². The van der Waals surface area contributed by atoms with Crippen LogP contribution in [0.2, 0.25) is 0 Å². The Bertz CT molecular complexity index is 1250. The Morgan fingerprint density at radius 2 is 1.76 bits per heavy atom. The van der Waals surface area contributed by atoms with Gasteiger partial charge in [0.25, 0.3) is 0 Å². The number of benzene rings is 2. The maximum atomic E-state index is 12.4. The lowest BCUT2D eigenvalue weighted by atomic mass is 10.0. The summed E-state index contributed by atoms with van der Waals surface area (Å²) >= 11 is 0. The molecule has 4 aromatic rings. The van der Waals surface area contributed by atoms with Crippen molar-refractivity contribution in [2.24, 2.45) is 17.2 Å². The third-order valence-electron chi connectivity index (χ3n) is 5.52. The molecule has 0 aliphatic carbocycles. The highest BCUT2D eigenvalue weighted by Crippen LogP contribution is 2.32. The molecule has 9 nitrogen and oxygen atoms in total. The molecule has 2 aromatic heterocycles. The number of anilines is 2. The van der Waals surface area contributed by atoms with Gasteiger partial charge in [-0.3, -0.25) is 27.1 Å². The van der Waals surface area contributed by atoms with Gasteiger partial charge in [0.2, 0.25) is 0 Å². The highest BCUT2D eigenvalue weighted by molar-refractivity contribution is 5.99. The Kier molecular flexibility index (Phi) is 6.01. The van der Waals surface area contributed by atoms with Gasteiger partial charge < -0.3 is 16.0 Å². The van der Waals surface area contributed by atoms with Crippen molar-refractivity contribution in [3.8, 4) is 11.3 Å². The highest BCUT2D eigenvalue weighted by Gasteiger charge is 2.23. The van der Waals surface area contributed by atoms with Crippen LogP contribution in [0.3, 0.4) is 0 Å². The molecule has 0 bridgehead atoms. The van der Waals surface area contributed by atoms with E-state index in [1.165, 1.54) is 0 Å². The van der Waals surface area contributed by atoms with Crippen molar-refractivity contribution in [1.29, 1.82) is 0 Å². The van der Waals surface area contributed by atoms with Gasteiger partial charge in [-0.1, -0.05) is 42.5 Å². The number of hydrogen-bond donors (Lipinski definition) is 7. The molecule has 33 heavy (non-hydrogen) atoms. The molecule has 0 aliphatic heterocycles. The first-order valence-electron chi connectivity index (χ1n) is 10.5. The van der Waals surface area contributed by atoms with Gasteiger partial charge in [0.05, 0.1) is 17.9 Å². The molecule has 0 atom stereocenters. The maximum absolute atomic E-state index is 12.4. The Morgan fingerprint density at radius 1 is 1.06 bits per heavy atom. The number of nitrogens with two attached hydrogens (primary N) is 4. The second-order valence-electron chi connectivity index (χ2n) is 8.14. The van der Waals surface area contributed by atoms with Crippen molar-refractivity contribution in [3.63, 3.8) is 0 Å². The number of Topliss-reactive ketones (excluding diaryl/α,β-unsaturated/α-hetero) is 1. The van der Waals surface area contributed by atoms with Crippen LogP contribution >= 0.6 is 0 Å². The lowest BCUT2D eigenvalue weighted by Gasteiger charge is -2.16. The Hall–Kier alpha value is -3.92. The predicted octanol–water partition coefficient (Wildman–Crippen LogP) is 2.17. The van der Waals surface area contributed by atoms with E-state index in [0.29, 0.717) is 29.2 Å². The molecule has 4 rings (SSSR count). The molecule has 11 N–H and O–H groups in total. The molecule has 0 radical (unpaired) electrons. The van der Waals surface area contributed by atoms with Crippen molar-refractivity contribution >= 4 is 17.3 Å². The van der Waals surface area contributed by atoms with E-state index >= 15 is 0 Å². The molecule has 0 aliphatic rings. The molecular formula is C24H28N8O. The largest absolute Gasteiger partial charge is 0.399 e. The van der Waals surface area contributed by atoms with Crippen molar-refractivity contribution in [3.05, 3.63) is 88.7 Å². The number of hydrogen-bond acceptors (Lipinski definition) is 7. The minimum atomic E-state index is -1.52. The van der Waals surface area contributed by atoms with Gasteiger partial charge >= 0.3 is 0 Å². The topological polar surface area (TPSA) is 178 Å². The summed E-state index contributed by atoms with van der Waals surface area (Å²) in [6.07, 6.45) is 0.583. The maximum Gasteiger partial charge on any atom is 0.181 e. The fourth-order valence-corrected chi connectivity index (χ4v) is 3.66. The van der Waals surface area contributed by atoms with E-state index in [9.17, 15) is 4.79 Å². The molecule has 0 amide bonds. The van der Waals surface area contributed by atoms with Gasteiger partial charge in [-0.2, -0.15) is 5.10 Å². The van der Waals surface area contributed by atoms with E-state index in [4.69, 9.17) is 22.9 Å². The van der Waals surface area contributed by atoms with Gasteiger partial charge in [-0.05, 0) is 30.7 Å². The van der Waals surface area contributed by atoms with E-state index in [1.807, 2.05) is 55.5 Å². The van der Waals surface area contributed by atoms with Gasteiger partial charge in [-0.25, -0.2) is 0 Å². The lowest BCUT2D eigenvalue weighted by molar-refractivity contribution is 0.101. The third-order valence-corrected chi connectivity index (χ3v) is 5.52. The minimum absolute atomic E-state index is 0.0216. The zero-order chi connectivity index (χ0) is 23.6. The van der Waals surface area contributed by atoms with Gasteiger partial charge in [-0.15, -0.1) is 0 Å². The highest BCUT2D eigenvalue weighted by atomic mass is 16.1. The van der Waals surface area contributed by atoms with Crippen LogP contribution in [0.1, 0.15) is 32.9 Å². The summed E-state index contributed by atoms with van der Waals surface area (Å²) in [6.45, 7) is 2.05. The molecule has 170 valence electrons. The van der Waals surface area contributed by atoms with Crippen LogP contribution in [-0.4, -0.2) is 27.5 Å². The molecule has 9 heteroatoms. The van der Waals surface area contributed by atoms with Gasteiger partial charge in [0.1, 0.15) is 0 Å². The summed E-state index contributed by atoms with van der Waals surface area (Å²) in [7, 11) is 0. The van der Waals surface area contributed by atoms with Crippen molar-refractivity contribution < 1.29 is 4.79 Å². The minimum Gasteiger partial charge on any atom is -0.399 e. The number of aromatic amines is 2. The fourth-order valence-electron chi connectivity index (χ4n) is 3.66. The van der Waals surface area contributed by atoms with Crippen LogP contribution in [0.25, 0.3) is 11.3 Å². The zero-order valence-electron chi connectivity index (χ0n) is 18.4. The molecule has 0 spiro atoms. The number of aromatic nitrogens is 3. The van der Waals surface area contributed by atoms with E-state index in [-0.39, 0.29) is 12.3 Å². The first kappa shape index (κ1) is 22.3. The number of nitrogens with zero attached hydrogens (tertiary/aromatic N) is 1.